The Kier molecular flexibility index (Phi) is 26.7. The van der Waals surface area contributed by atoms with Crippen molar-refractivity contribution in [2.45, 2.75) is 153 Å². The lowest BCUT2D eigenvalue weighted by Gasteiger charge is -2.42. The fourth-order valence-electron chi connectivity index (χ4n) is 10.9. The quantitative estimate of drug-likeness (QED) is 0.0172. The number of likely N-dealkylation sites (N-methyl/N-ethyl adjacent to an activating group) is 1. The molecule has 94 heavy (non-hydrogen) atoms. The van der Waals surface area contributed by atoms with Gasteiger partial charge in [-0.1, -0.05) is 68.3 Å². The molecule has 10 atom stereocenters. The van der Waals surface area contributed by atoms with Gasteiger partial charge < -0.3 is 80.5 Å². The van der Waals surface area contributed by atoms with Crippen molar-refractivity contribution in [3.8, 4) is 5.75 Å². The van der Waals surface area contributed by atoms with Gasteiger partial charge in [0.1, 0.15) is 59.4 Å². The molecule has 10 amide bonds. The van der Waals surface area contributed by atoms with E-state index in [2.05, 4.69) is 31.9 Å². The molecule has 514 valence electrons. The number of unbranched alkanes of at least 4 members (excludes halogenated alkanes) is 1. The van der Waals surface area contributed by atoms with Crippen molar-refractivity contribution in [3.05, 3.63) is 88.5 Å². The Balaban J connectivity index is 1.03. The third-order valence-electron chi connectivity index (χ3n) is 16.9. The highest BCUT2D eigenvalue weighted by molar-refractivity contribution is 7.80. The minimum Gasteiger partial charge on any atom is -0.495 e. The van der Waals surface area contributed by atoms with Crippen molar-refractivity contribution in [1.29, 1.82) is 0 Å². The van der Waals surface area contributed by atoms with Gasteiger partial charge in [0.25, 0.3) is 11.8 Å². The summed E-state index contributed by atoms with van der Waals surface area (Å²) in [5.41, 5.74) is 4.80. The van der Waals surface area contributed by atoms with Gasteiger partial charge in [-0.2, -0.15) is 0 Å². The summed E-state index contributed by atoms with van der Waals surface area (Å²) in [6.07, 6.45) is 3.02. The number of thiocarbonyl (C=S) groups is 1. The number of halogens is 1. The third kappa shape index (κ3) is 20.1. The summed E-state index contributed by atoms with van der Waals surface area (Å²) in [6.45, 7) is 10.8. The minimum absolute atomic E-state index is 0.114. The number of ether oxygens (including phenoxy) is 6. The second kappa shape index (κ2) is 33.6. The van der Waals surface area contributed by atoms with Crippen molar-refractivity contribution in [2.24, 2.45) is 17.6 Å². The molecule has 30 heteroatoms. The molecule has 4 bridgehead atoms. The first-order chi connectivity index (χ1) is 44.4. The summed E-state index contributed by atoms with van der Waals surface area (Å²) in [5.74, 6) is -4.35. The van der Waals surface area contributed by atoms with E-state index < -0.39 is 114 Å². The van der Waals surface area contributed by atoms with Gasteiger partial charge in [0.05, 0.1) is 25.3 Å². The molecule has 9 N–H and O–H groups in total. The van der Waals surface area contributed by atoms with Gasteiger partial charge in [0, 0.05) is 91.0 Å². The molecular weight excluding hydrogens is 1260 g/mol. The van der Waals surface area contributed by atoms with Crippen molar-refractivity contribution >= 4 is 99.9 Å². The van der Waals surface area contributed by atoms with Crippen LogP contribution in [-0.4, -0.2) is 200 Å². The monoisotopic (exact) mass is 1350 g/mol. The fraction of sp³-hybridized carbons (Fsp3) is 0.547. The number of hydrogen-bond acceptors (Lipinski definition) is 18. The maximum Gasteiger partial charge on any atom is 0.409 e. The lowest BCUT2D eigenvalue weighted by atomic mass is 9.83. The van der Waals surface area contributed by atoms with Crippen LogP contribution in [0.1, 0.15) is 97.6 Å². The Labute approximate surface area is 557 Å². The topological polar surface area (TPSA) is 361 Å². The zero-order chi connectivity index (χ0) is 69.4. The number of methoxy groups -OCH3 is 2. The number of carbonyl (C=O) groups is 10. The number of anilines is 2. The van der Waals surface area contributed by atoms with E-state index >= 15 is 0 Å². The van der Waals surface area contributed by atoms with Crippen LogP contribution in [-0.2, 0) is 70.3 Å². The second-order valence-electron chi connectivity index (χ2n) is 24.3. The molecule has 0 unspecified atom stereocenters. The number of aliphatic hydroxyl groups is 1. The SMILES string of the molecule is COc1cc2cc(c1Cl)N(C)C(=O)C[C@H](OC(=O)[C@H](C)N(C)C(=O)CCN(C)C(=O)OCc1ccc(NC(=O)[C@H](CCCNC(N)=O)NC(=O)[C@@H](NC(=S)NCCCCN3C(=O)C=CC3=O)C(C)C)cc1)[C@]1(C)O[C@H]1[C@H](C)[C@@H]1C[C@@](O)(NC(=O)O1)[C@H](OC)/C=C/C=C(\C)C2. The van der Waals surface area contributed by atoms with Crippen LogP contribution in [0.2, 0.25) is 5.02 Å². The van der Waals surface area contributed by atoms with Crippen LogP contribution in [0, 0.1) is 11.8 Å². The van der Waals surface area contributed by atoms with E-state index in [-0.39, 0.29) is 79.8 Å². The van der Waals surface area contributed by atoms with Crippen molar-refractivity contribution in [1.82, 2.24) is 41.3 Å². The van der Waals surface area contributed by atoms with Gasteiger partial charge >= 0.3 is 24.2 Å². The van der Waals surface area contributed by atoms with E-state index in [1.54, 1.807) is 76.2 Å². The van der Waals surface area contributed by atoms with Gasteiger partial charge in [-0.15, -0.1) is 0 Å². The van der Waals surface area contributed by atoms with Crippen LogP contribution in [0.5, 0.6) is 5.75 Å². The van der Waals surface area contributed by atoms with Gasteiger partial charge in [0.15, 0.2) is 10.8 Å². The van der Waals surface area contributed by atoms with E-state index in [1.807, 2.05) is 13.0 Å². The molecule has 4 aliphatic heterocycles. The average Bonchev–Trinajstić information content (AvgIpc) is 1.58. The highest BCUT2D eigenvalue weighted by atomic mass is 35.5. The van der Waals surface area contributed by atoms with Crippen LogP contribution in [0.25, 0.3) is 0 Å². The number of carbonyl (C=O) groups excluding carboxylic acids is 10. The van der Waals surface area contributed by atoms with E-state index in [1.165, 1.54) is 64.2 Å². The van der Waals surface area contributed by atoms with Gasteiger partial charge in [-0.3, -0.25) is 39.0 Å². The number of urea groups is 1. The number of benzene rings is 2. The molecule has 28 nitrogen and oxygen atoms in total. The number of nitrogens with one attached hydrogen (secondary N) is 6. The minimum atomic E-state index is -1.91. The highest BCUT2D eigenvalue weighted by Gasteiger charge is 2.64. The van der Waals surface area contributed by atoms with Crippen molar-refractivity contribution < 1.29 is 81.5 Å². The molecule has 4 aliphatic rings. The zero-order valence-electron chi connectivity index (χ0n) is 54.9. The molecule has 2 fully saturated rings. The molecule has 0 saturated carbocycles. The molecule has 0 aromatic heterocycles. The normalized spacial score (nSPS) is 23.8. The number of hydrogen-bond donors (Lipinski definition) is 8. The predicted molar refractivity (Wildman–Crippen MR) is 350 cm³/mol. The van der Waals surface area contributed by atoms with Crippen LogP contribution in [0.3, 0.4) is 0 Å². The standard InChI is InChI=1S/C64H88ClN11O17S/c1-36(2)54(71-60(94)68-26-12-13-28-76-50(78)23-24-51(76)79)57(82)70-43(17-15-27-67-59(66)84)56(81)69-42-21-19-40(20-22-42)35-90-62(86)73(7)29-25-49(77)74(8)39(5)58(83)92-48-33-52(80)75(9)44-31-41(32-45(88-10)53(44)65)30-37(3)16-14-18-47(89-11)64(87)34-46(91-61(85)72-64)38(4)55-63(48,6)93-55/h14,16,18-24,31-32,36,38-39,43,46-48,54-55,87H,12-13,15,17,25-30,33-35H2,1-11H3,(H,69,81)(H,70,82)(H,72,85)(H3,66,67,84)(H2,68,71,94)/b18-14+,37-16+/t38-,39+,43+,46+,47-,48+,54+,55+,63+,64+/m1/s1. The number of amides is 10. The Morgan fingerprint density at radius 2 is 1.64 bits per heavy atom. The number of esters is 1. The highest BCUT2D eigenvalue weighted by Crippen LogP contribution is 2.49. The van der Waals surface area contributed by atoms with E-state index in [4.69, 9.17) is 58.0 Å². The van der Waals surface area contributed by atoms with Crippen LogP contribution < -0.4 is 47.3 Å². The number of epoxide rings is 1. The molecule has 2 aromatic rings. The molecule has 0 aliphatic carbocycles. The van der Waals surface area contributed by atoms with Crippen molar-refractivity contribution in [2.75, 3.05) is 71.8 Å². The number of nitrogens with zero attached hydrogens (tertiary/aromatic N) is 4. The molecule has 2 saturated heterocycles. The van der Waals surface area contributed by atoms with E-state index in [0.717, 1.165) is 20.9 Å². The molecule has 4 heterocycles. The largest absolute Gasteiger partial charge is 0.495 e. The van der Waals surface area contributed by atoms with E-state index in [9.17, 15) is 53.1 Å². The summed E-state index contributed by atoms with van der Waals surface area (Å²) in [4.78, 5) is 136. The fourth-order valence-corrected chi connectivity index (χ4v) is 11.5. The predicted octanol–water partition coefficient (Wildman–Crippen LogP) is 4.24. The van der Waals surface area contributed by atoms with Crippen LogP contribution in [0.4, 0.5) is 25.8 Å². The number of fused-ring (bicyclic) bond motifs is 5. The zero-order valence-corrected chi connectivity index (χ0v) is 56.4. The first kappa shape index (κ1) is 74.7. The first-order valence-electron chi connectivity index (χ1n) is 30.9. The molecule has 0 spiro atoms. The van der Waals surface area contributed by atoms with E-state index in [0.29, 0.717) is 48.5 Å². The van der Waals surface area contributed by atoms with Gasteiger partial charge in [-0.25, -0.2) is 19.2 Å². The smallest absolute Gasteiger partial charge is 0.409 e. The van der Waals surface area contributed by atoms with Crippen molar-refractivity contribution in [3.63, 3.8) is 0 Å². The van der Waals surface area contributed by atoms with Crippen LogP contribution >= 0.6 is 23.8 Å². The number of rotatable bonds is 25. The summed E-state index contributed by atoms with van der Waals surface area (Å²) in [7, 11) is 7.21. The maximum atomic E-state index is 14.5. The van der Waals surface area contributed by atoms with Gasteiger partial charge in [-0.05, 0) is 106 Å². The van der Waals surface area contributed by atoms with Crippen LogP contribution in [0.15, 0.2) is 72.4 Å². The summed E-state index contributed by atoms with van der Waals surface area (Å²) in [5, 5.41) is 28.9. The molecule has 2 aromatic carbocycles. The number of alkyl carbamates (subject to hydrolysis) is 1. The first-order valence-corrected chi connectivity index (χ1v) is 31.7. The Bertz CT molecular complexity index is 3220. The Morgan fingerprint density at radius 3 is 2.29 bits per heavy atom. The third-order valence-corrected chi connectivity index (χ3v) is 17.6. The second-order valence-corrected chi connectivity index (χ2v) is 25.1. The molecule has 6 rings (SSSR count). The number of nitrogens with two attached hydrogens (primary N) is 1. The van der Waals surface area contributed by atoms with Gasteiger partial charge in [0.2, 0.25) is 23.6 Å². The summed E-state index contributed by atoms with van der Waals surface area (Å²) >= 11 is 12.3. The molecular formula is C64H88ClN11O17S. The summed E-state index contributed by atoms with van der Waals surface area (Å²) < 4.78 is 35.0. The Morgan fingerprint density at radius 1 is 0.957 bits per heavy atom. The summed E-state index contributed by atoms with van der Waals surface area (Å²) in [6, 6.07) is 5.99. The average molecular weight is 1350 g/mol. The number of primary amides is 1. The maximum absolute atomic E-state index is 14.5. The lowest BCUT2D eigenvalue weighted by molar-refractivity contribution is -0.162. The number of imide groups is 1. The molecule has 0 radical (unpaired) electrons. The lowest BCUT2D eigenvalue weighted by Crippen LogP contribution is -2.63. The Hall–Kier alpha value is -8.38. The number of allylic oxidation sites excluding steroid dienone is 3.